The van der Waals surface area contributed by atoms with E-state index in [9.17, 15) is 14.3 Å². The molecule has 0 aromatic rings. The van der Waals surface area contributed by atoms with Gasteiger partial charge in [0.15, 0.2) is 0 Å². The third-order valence-electron chi connectivity index (χ3n) is 8.64. The van der Waals surface area contributed by atoms with Crippen LogP contribution in [0, 0.1) is 0 Å². The molecule has 0 aliphatic heterocycles. The molecule has 0 aliphatic carbocycles. The molecular formula is C48H83NO7P+. The van der Waals surface area contributed by atoms with E-state index in [-0.39, 0.29) is 25.8 Å². The molecule has 0 aliphatic rings. The van der Waals surface area contributed by atoms with Crippen molar-refractivity contribution < 1.29 is 37.3 Å². The molecule has 2 unspecified atom stereocenters. The number of allylic oxidation sites excluding steroid dienone is 16. The third-order valence-corrected chi connectivity index (χ3v) is 9.63. The van der Waals surface area contributed by atoms with Crippen molar-refractivity contribution >= 4 is 13.8 Å². The highest BCUT2D eigenvalue weighted by molar-refractivity contribution is 7.47. The molecule has 0 heterocycles. The molecule has 0 aromatic carbocycles. The molecule has 0 rings (SSSR count). The number of carbonyl (C=O) groups excluding carboxylic acids is 1. The lowest BCUT2D eigenvalue weighted by atomic mass is 10.1. The number of carbonyl (C=O) groups is 1. The summed E-state index contributed by atoms with van der Waals surface area (Å²) in [4.78, 5) is 22.9. The first kappa shape index (κ1) is 54.4. The van der Waals surface area contributed by atoms with Gasteiger partial charge >= 0.3 is 13.8 Å². The van der Waals surface area contributed by atoms with E-state index >= 15 is 0 Å². The summed E-state index contributed by atoms with van der Waals surface area (Å²) in [6.45, 7) is 5.24. The Morgan fingerprint density at radius 1 is 0.544 bits per heavy atom. The molecule has 0 amide bonds. The lowest BCUT2D eigenvalue weighted by Gasteiger charge is -2.24. The van der Waals surface area contributed by atoms with Crippen LogP contribution in [-0.4, -0.2) is 75.6 Å². The maximum atomic E-state index is 12.7. The third kappa shape index (κ3) is 44.4. The quantitative estimate of drug-likeness (QED) is 0.0217. The van der Waals surface area contributed by atoms with Crippen LogP contribution in [0.15, 0.2) is 97.2 Å². The van der Waals surface area contributed by atoms with Crippen molar-refractivity contribution in [3.63, 3.8) is 0 Å². The SMILES string of the molecule is CC/C=C\C/C=C\C/C=C\C/C=C\C/C=C\CCCCOCC(COP(=O)(O)OCC[N+](C)(C)C)OC(=O)CCCCCCCCC/C=C\C/C=C\C/C=C\CC. The van der Waals surface area contributed by atoms with Crippen molar-refractivity contribution in [2.75, 3.05) is 54.1 Å². The van der Waals surface area contributed by atoms with Gasteiger partial charge in [-0.25, -0.2) is 4.57 Å². The number of quaternary nitrogens is 1. The van der Waals surface area contributed by atoms with Gasteiger partial charge in [0.05, 0.1) is 34.4 Å². The number of rotatable bonds is 39. The van der Waals surface area contributed by atoms with Gasteiger partial charge in [-0.05, 0) is 89.9 Å². The largest absolute Gasteiger partial charge is 0.472 e. The summed E-state index contributed by atoms with van der Waals surface area (Å²) in [5.74, 6) is -0.344. The number of esters is 1. The fourth-order valence-corrected chi connectivity index (χ4v) is 6.04. The molecule has 0 fully saturated rings. The van der Waals surface area contributed by atoms with Crippen LogP contribution in [0.4, 0.5) is 0 Å². The number of unbranched alkanes of at least 4 members (excludes halogenated alkanes) is 9. The Bertz CT molecular complexity index is 1230. The van der Waals surface area contributed by atoms with Crippen molar-refractivity contribution in [1.82, 2.24) is 0 Å². The van der Waals surface area contributed by atoms with Gasteiger partial charge in [-0.2, -0.15) is 0 Å². The lowest BCUT2D eigenvalue weighted by molar-refractivity contribution is -0.870. The molecule has 8 nitrogen and oxygen atoms in total. The van der Waals surface area contributed by atoms with Crippen molar-refractivity contribution in [3.8, 4) is 0 Å². The molecule has 326 valence electrons. The molecule has 0 saturated carbocycles. The zero-order valence-electron chi connectivity index (χ0n) is 36.8. The number of likely N-dealkylation sites (N-methyl/N-ethyl adjacent to an activating group) is 1. The number of phosphoric acid groups is 1. The first-order valence-corrected chi connectivity index (χ1v) is 23.5. The summed E-state index contributed by atoms with van der Waals surface area (Å²) >= 11 is 0. The number of ether oxygens (including phenoxy) is 2. The average molecular weight is 817 g/mol. The molecule has 1 N–H and O–H groups in total. The number of nitrogens with zero attached hydrogens (tertiary/aromatic N) is 1. The van der Waals surface area contributed by atoms with E-state index in [1.165, 1.54) is 19.3 Å². The Balaban J connectivity index is 4.36. The Morgan fingerprint density at radius 2 is 0.965 bits per heavy atom. The highest BCUT2D eigenvalue weighted by atomic mass is 31.2. The maximum Gasteiger partial charge on any atom is 0.472 e. The maximum absolute atomic E-state index is 12.7. The molecule has 0 bridgehead atoms. The summed E-state index contributed by atoms with van der Waals surface area (Å²) in [6, 6.07) is 0. The second kappa shape index (κ2) is 40.2. The van der Waals surface area contributed by atoms with E-state index in [0.717, 1.165) is 103 Å². The number of hydrogen-bond donors (Lipinski definition) is 1. The van der Waals surface area contributed by atoms with Crippen LogP contribution in [0.2, 0.25) is 0 Å². The van der Waals surface area contributed by atoms with Crippen LogP contribution in [0.25, 0.3) is 0 Å². The summed E-state index contributed by atoms with van der Waals surface area (Å²) in [5.41, 5.74) is 0. The number of hydrogen-bond acceptors (Lipinski definition) is 6. The van der Waals surface area contributed by atoms with E-state index in [4.69, 9.17) is 18.5 Å². The van der Waals surface area contributed by atoms with Gasteiger partial charge in [-0.1, -0.05) is 143 Å². The van der Waals surface area contributed by atoms with Crippen LogP contribution >= 0.6 is 7.82 Å². The predicted molar refractivity (Wildman–Crippen MR) is 242 cm³/mol. The molecule has 0 saturated heterocycles. The van der Waals surface area contributed by atoms with E-state index in [0.29, 0.717) is 24.1 Å². The fourth-order valence-electron chi connectivity index (χ4n) is 5.30. The molecule has 0 aromatic heterocycles. The lowest BCUT2D eigenvalue weighted by Crippen LogP contribution is -2.37. The summed E-state index contributed by atoms with van der Waals surface area (Å²) in [6.07, 6.45) is 54.5. The van der Waals surface area contributed by atoms with Crippen molar-refractivity contribution in [2.45, 2.75) is 148 Å². The minimum Gasteiger partial charge on any atom is -0.457 e. The molecule has 0 radical (unpaired) electrons. The van der Waals surface area contributed by atoms with E-state index < -0.39 is 13.9 Å². The molecule has 2 atom stereocenters. The summed E-state index contributed by atoms with van der Waals surface area (Å²) in [5, 5.41) is 0. The van der Waals surface area contributed by atoms with Gasteiger partial charge in [0, 0.05) is 13.0 Å². The zero-order valence-corrected chi connectivity index (χ0v) is 37.7. The first-order chi connectivity index (χ1) is 27.6. The molecule has 57 heavy (non-hydrogen) atoms. The van der Waals surface area contributed by atoms with Crippen molar-refractivity contribution in [1.29, 1.82) is 0 Å². The van der Waals surface area contributed by atoms with Crippen LogP contribution in [0.5, 0.6) is 0 Å². The topological polar surface area (TPSA) is 91.3 Å². The summed E-state index contributed by atoms with van der Waals surface area (Å²) in [7, 11) is 1.61. The molecule has 0 spiro atoms. The molecule has 9 heteroatoms. The minimum absolute atomic E-state index is 0.0720. The van der Waals surface area contributed by atoms with Crippen LogP contribution in [0.1, 0.15) is 142 Å². The Hall–Kier alpha value is -2.58. The first-order valence-electron chi connectivity index (χ1n) is 22.0. The number of phosphoric ester groups is 1. The standard InChI is InChI=1S/C48H82NO7P/c1-6-8-10-12-14-16-18-20-22-24-26-28-30-32-34-36-38-40-43-53-45-47(46-55-57(51,52)54-44-42-49(3,4)5)56-48(50)41-39-37-35-33-31-29-27-25-23-21-19-17-15-13-11-9-7-2/h8-11,14-17,20-23,26,28,32,34,47H,6-7,12-13,18-19,24-25,27,29-31,33,35-46H2,1-5H3/p+1/b10-8-,11-9-,16-14-,17-15-,22-20-,23-21-,28-26-,34-32-. The van der Waals surface area contributed by atoms with Crippen molar-refractivity contribution in [2.24, 2.45) is 0 Å². The second-order valence-electron chi connectivity index (χ2n) is 15.3. The normalized spacial score (nSPS) is 14.7. The van der Waals surface area contributed by atoms with Crippen molar-refractivity contribution in [3.05, 3.63) is 97.2 Å². The predicted octanol–water partition coefficient (Wildman–Crippen LogP) is 13.0. The van der Waals surface area contributed by atoms with Gasteiger partial charge < -0.3 is 18.9 Å². The van der Waals surface area contributed by atoms with Crippen LogP contribution in [0.3, 0.4) is 0 Å². The van der Waals surface area contributed by atoms with E-state index in [1.54, 1.807) is 0 Å². The second-order valence-corrected chi connectivity index (χ2v) is 16.8. The average Bonchev–Trinajstić information content (AvgIpc) is 3.16. The Morgan fingerprint density at radius 3 is 1.44 bits per heavy atom. The van der Waals surface area contributed by atoms with Gasteiger partial charge in [-0.3, -0.25) is 13.8 Å². The summed E-state index contributed by atoms with van der Waals surface area (Å²) < 4.78 is 34.9. The highest BCUT2D eigenvalue weighted by Crippen LogP contribution is 2.43. The van der Waals surface area contributed by atoms with Gasteiger partial charge in [-0.15, -0.1) is 0 Å². The van der Waals surface area contributed by atoms with E-state index in [2.05, 4.69) is 111 Å². The van der Waals surface area contributed by atoms with Crippen LogP contribution < -0.4 is 0 Å². The van der Waals surface area contributed by atoms with E-state index in [1.807, 2.05) is 21.1 Å². The van der Waals surface area contributed by atoms with Gasteiger partial charge in [0.1, 0.15) is 19.3 Å². The Kier molecular flexibility index (Phi) is 38.4. The fraction of sp³-hybridized carbons (Fsp3) is 0.646. The van der Waals surface area contributed by atoms with Gasteiger partial charge in [0.2, 0.25) is 0 Å². The minimum atomic E-state index is -4.30. The molecular weight excluding hydrogens is 734 g/mol. The van der Waals surface area contributed by atoms with Crippen LogP contribution in [-0.2, 0) is 27.9 Å². The van der Waals surface area contributed by atoms with Gasteiger partial charge in [0.25, 0.3) is 0 Å². The smallest absolute Gasteiger partial charge is 0.457 e. The monoisotopic (exact) mass is 817 g/mol. The highest BCUT2D eigenvalue weighted by Gasteiger charge is 2.26. The zero-order chi connectivity index (χ0) is 42.0. The Labute approximate surface area is 349 Å².